The Kier molecular flexibility index (Phi) is 6.24. The van der Waals surface area contributed by atoms with Crippen molar-refractivity contribution >= 4 is 11.4 Å². The molecule has 2 N–H and O–H groups in total. The van der Waals surface area contributed by atoms with Gasteiger partial charge in [0.15, 0.2) is 5.75 Å². The van der Waals surface area contributed by atoms with Crippen LogP contribution in [0.3, 0.4) is 0 Å². The number of para-hydroxylation sites is 1. The van der Waals surface area contributed by atoms with Gasteiger partial charge in [0, 0.05) is 0 Å². The zero-order valence-corrected chi connectivity index (χ0v) is 12.1. The number of hydrogen-bond acceptors (Lipinski definition) is 5. The molecule has 1 unspecified atom stereocenters. The second-order valence-electron chi connectivity index (χ2n) is 4.94. The maximum Gasteiger partial charge on any atom is 0.333 e. The first-order valence-electron chi connectivity index (χ1n) is 6.78. The van der Waals surface area contributed by atoms with Crippen molar-refractivity contribution in [2.24, 2.45) is 5.92 Å². The van der Waals surface area contributed by atoms with Crippen LogP contribution in [0.15, 0.2) is 18.2 Å². The molecule has 0 bridgehead atoms. The molecule has 0 heterocycles. The van der Waals surface area contributed by atoms with Crippen LogP contribution in [0.4, 0.5) is 11.4 Å². The highest BCUT2D eigenvalue weighted by Gasteiger charge is 2.23. The second kappa shape index (κ2) is 7.69. The number of ether oxygens (including phenoxy) is 1. The molecule has 1 atom stereocenters. The summed E-state index contributed by atoms with van der Waals surface area (Å²) in [6, 6.07) is 4.68. The normalized spacial score (nSPS) is 12.2. The lowest BCUT2D eigenvalue weighted by atomic mass is 10.0. The fraction of sp³-hybridized carbons (Fsp3) is 0.571. The molecule has 0 amide bonds. The number of benzene rings is 1. The highest BCUT2D eigenvalue weighted by molar-refractivity contribution is 5.68. The Hall–Kier alpha value is -1.82. The van der Waals surface area contributed by atoms with Gasteiger partial charge in [-0.15, -0.1) is 0 Å². The van der Waals surface area contributed by atoms with E-state index >= 15 is 0 Å². The molecule has 1 aromatic rings. The molecule has 20 heavy (non-hydrogen) atoms. The first-order chi connectivity index (χ1) is 9.51. The van der Waals surface area contributed by atoms with Crippen molar-refractivity contribution in [1.82, 2.24) is 0 Å². The molecule has 1 aromatic carbocycles. The first kappa shape index (κ1) is 16.2. The molecule has 0 saturated heterocycles. The van der Waals surface area contributed by atoms with Crippen LogP contribution in [0.1, 0.15) is 27.2 Å². The Bertz CT molecular complexity index is 449. The molecular weight excluding hydrogens is 260 g/mol. The standard InChI is InChI=1S/C14H22N2O4/c1-4-8-20-13-7-5-6-11(14(13)16(18)19)15-12(9-17)10(2)3/h5-7,10,12,15,17H,4,8-9H2,1-3H3. The third-order valence-corrected chi connectivity index (χ3v) is 2.99. The van der Waals surface area contributed by atoms with Crippen LogP contribution in [0.25, 0.3) is 0 Å². The van der Waals surface area contributed by atoms with Crippen molar-refractivity contribution in [3.63, 3.8) is 0 Å². The highest BCUT2D eigenvalue weighted by Crippen LogP contribution is 2.35. The molecule has 0 saturated carbocycles. The number of hydrogen-bond donors (Lipinski definition) is 2. The van der Waals surface area contributed by atoms with Crippen LogP contribution in [-0.4, -0.2) is 29.3 Å². The van der Waals surface area contributed by atoms with E-state index in [4.69, 9.17) is 4.74 Å². The van der Waals surface area contributed by atoms with Crippen LogP contribution in [-0.2, 0) is 0 Å². The molecule has 112 valence electrons. The van der Waals surface area contributed by atoms with Crippen molar-refractivity contribution in [2.45, 2.75) is 33.2 Å². The predicted molar refractivity (Wildman–Crippen MR) is 78.2 cm³/mol. The van der Waals surface area contributed by atoms with Crippen LogP contribution < -0.4 is 10.1 Å². The van der Waals surface area contributed by atoms with Crippen LogP contribution in [0.2, 0.25) is 0 Å². The van der Waals surface area contributed by atoms with Gasteiger partial charge < -0.3 is 15.2 Å². The summed E-state index contributed by atoms with van der Waals surface area (Å²) in [7, 11) is 0. The lowest BCUT2D eigenvalue weighted by molar-refractivity contribution is -0.385. The van der Waals surface area contributed by atoms with Gasteiger partial charge in [0.25, 0.3) is 0 Å². The summed E-state index contributed by atoms with van der Waals surface area (Å²) in [5.74, 6) is 0.405. The van der Waals surface area contributed by atoms with Crippen LogP contribution >= 0.6 is 0 Å². The van der Waals surface area contributed by atoms with Gasteiger partial charge in [-0.2, -0.15) is 0 Å². The van der Waals surface area contributed by atoms with Gasteiger partial charge >= 0.3 is 5.69 Å². The molecule has 6 heteroatoms. The average Bonchev–Trinajstić information content (AvgIpc) is 2.41. The van der Waals surface area contributed by atoms with Crippen molar-refractivity contribution < 1.29 is 14.8 Å². The lowest BCUT2D eigenvalue weighted by Gasteiger charge is -2.21. The minimum Gasteiger partial charge on any atom is -0.487 e. The Morgan fingerprint density at radius 2 is 2.15 bits per heavy atom. The van der Waals surface area contributed by atoms with Gasteiger partial charge in [0.1, 0.15) is 5.69 Å². The van der Waals surface area contributed by atoms with Crippen LogP contribution in [0, 0.1) is 16.0 Å². The lowest BCUT2D eigenvalue weighted by Crippen LogP contribution is -2.29. The summed E-state index contributed by atoms with van der Waals surface area (Å²) in [6.45, 7) is 6.16. The smallest absolute Gasteiger partial charge is 0.333 e. The molecule has 0 spiro atoms. The van der Waals surface area contributed by atoms with Gasteiger partial charge in [0.2, 0.25) is 0 Å². The van der Waals surface area contributed by atoms with E-state index < -0.39 is 4.92 Å². The second-order valence-corrected chi connectivity index (χ2v) is 4.94. The quantitative estimate of drug-likeness (QED) is 0.565. The van der Waals surface area contributed by atoms with E-state index in [9.17, 15) is 15.2 Å². The van der Waals surface area contributed by atoms with Crippen molar-refractivity contribution in [3.05, 3.63) is 28.3 Å². The number of nitrogens with zero attached hydrogens (tertiary/aromatic N) is 1. The number of anilines is 1. The summed E-state index contributed by atoms with van der Waals surface area (Å²) < 4.78 is 5.42. The molecule has 1 rings (SSSR count). The summed E-state index contributed by atoms with van der Waals surface area (Å²) in [5.41, 5.74) is 0.288. The number of aliphatic hydroxyl groups excluding tert-OH is 1. The fourth-order valence-electron chi connectivity index (χ4n) is 1.78. The van der Waals surface area contributed by atoms with Crippen LogP contribution in [0.5, 0.6) is 5.75 Å². The summed E-state index contributed by atoms with van der Waals surface area (Å²) in [6.07, 6.45) is 0.778. The van der Waals surface area contributed by atoms with Gasteiger partial charge in [-0.1, -0.05) is 26.8 Å². The molecular formula is C14H22N2O4. The monoisotopic (exact) mass is 282 g/mol. The maximum atomic E-state index is 11.3. The van der Waals surface area contributed by atoms with Crippen molar-refractivity contribution in [1.29, 1.82) is 0 Å². The van der Waals surface area contributed by atoms with Gasteiger partial charge in [0.05, 0.1) is 24.2 Å². The number of nitro benzene ring substituents is 1. The average molecular weight is 282 g/mol. The van der Waals surface area contributed by atoms with Gasteiger partial charge in [-0.25, -0.2) is 0 Å². The first-order valence-corrected chi connectivity index (χ1v) is 6.78. The number of rotatable bonds is 8. The third kappa shape index (κ3) is 4.09. The molecule has 0 aromatic heterocycles. The summed E-state index contributed by atoms with van der Waals surface area (Å²) in [5, 5.41) is 23.6. The minimum absolute atomic E-state index is 0.0833. The van der Waals surface area contributed by atoms with E-state index in [2.05, 4.69) is 5.32 Å². The number of nitro groups is 1. The van der Waals surface area contributed by atoms with Crippen molar-refractivity contribution in [3.8, 4) is 5.75 Å². The largest absolute Gasteiger partial charge is 0.487 e. The Morgan fingerprint density at radius 1 is 1.45 bits per heavy atom. The molecule has 0 aliphatic heterocycles. The summed E-state index contributed by atoms with van der Waals surface area (Å²) >= 11 is 0. The van der Waals surface area contributed by atoms with Gasteiger partial charge in [-0.05, 0) is 24.5 Å². The van der Waals surface area contributed by atoms with E-state index in [-0.39, 0.29) is 30.0 Å². The SMILES string of the molecule is CCCOc1cccc(NC(CO)C(C)C)c1[N+](=O)[O-]. The maximum absolute atomic E-state index is 11.3. The van der Waals surface area contributed by atoms with E-state index in [0.717, 1.165) is 6.42 Å². The summed E-state index contributed by atoms with van der Waals surface area (Å²) in [4.78, 5) is 10.8. The fourth-order valence-corrected chi connectivity index (χ4v) is 1.78. The Balaban J connectivity index is 3.08. The van der Waals surface area contributed by atoms with E-state index in [0.29, 0.717) is 12.3 Å². The highest BCUT2D eigenvalue weighted by atomic mass is 16.6. The zero-order chi connectivity index (χ0) is 15.1. The number of aliphatic hydroxyl groups is 1. The minimum atomic E-state index is -0.456. The van der Waals surface area contributed by atoms with Gasteiger partial charge in [-0.3, -0.25) is 10.1 Å². The Labute approximate surface area is 118 Å². The van der Waals surface area contributed by atoms with E-state index in [1.807, 2.05) is 20.8 Å². The Morgan fingerprint density at radius 3 is 2.65 bits per heavy atom. The van der Waals surface area contributed by atoms with E-state index in [1.54, 1.807) is 18.2 Å². The zero-order valence-electron chi connectivity index (χ0n) is 12.1. The van der Waals surface area contributed by atoms with Crippen molar-refractivity contribution in [2.75, 3.05) is 18.5 Å². The topological polar surface area (TPSA) is 84.6 Å². The van der Waals surface area contributed by atoms with E-state index in [1.165, 1.54) is 0 Å². The number of nitrogens with one attached hydrogen (secondary N) is 1. The predicted octanol–water partition coefficient (Wildman–Crippen LogP) is 2.81. The molecule has 0 aliphatic carbocycles. The third-order valence-electron chi connectivity index (χ3n) is 2.99. The molecule has 0 radical (unpaired) electrons. The molecule has 0 aliphatic rings. The molecule has 0 fully saturated rings. The molecule has 6 nitrogen and oxygen atoms in total.